The molecule has 2 aromatic heterocycles. The van der Waals surface area contributed by atoms with Crippen molar-refractivity contribution in [3.8, 4) is 5.75 Å². The van der Waals surface area contributed by atoms with E-state index in [1.165, 1.54) is 0 Å². The molecule has 0 saturated carbocycles. The fourth-order valence-electron chi connectivity index (χ4n) is 1.27. The second-order valence-corrected chi connectivity index (χ2v) is 2.73. The first-order valence-electron chi connectivity index (χ1n) is 3.79. The van der Waals surface area contributed by atoms with Gasteiger partial charge in [0.2, 0.25) is 0 Å². The summed E-state index contributed by atoms with van der Waals surface area (Å²) in [4.78, 5) is 0. The number of fused-ring (bicyclic) bond motifs is 1. The second kappa shape index (κ2) is 2.52. The summed E-state index contributed by atoms with van der Waals surface area (Å²) in [6.45, 7) is 2.02. The summed E-state index contributed by atoms with van der Waals surface area (Å²) >= 11 is 0. The Labute approximate surface area is 70.6 Å². The molecule has 62 valence electrons. The molecule has 0 unspecified atom stereocenters. The van der Waals surface area contributed by atoms with E-state index in [0.717, 1.165) is 16.8 Å². The first-order valence-corrected chi connectivity index (χ1v) is 3.79. The fraction of sp³-hybridized carbons (Fsp3) is 0.222. The van der Waals surface area contributed by atoms with Gasteiger partial charge in [-0.25, -0.2) is 4.52 Å². The number of ether oxygens (including phenoxy) is 1. The van der Waals surface area contributed by atoms with Crippen LogP contribution in [0.1, 0.15) is 5.56 Å². The highest BCUT2D eigenvalue weighted by molar-refractivity contribution is 5.51. The van der Waals surface area contributed by atoms with Crippen LogP contribution in [-0.4, -0.2) is 16.7 Å². The topological polar surface area (TPSA) is 26.5 Å². The molecule has 3 nitrogen and oxygen atoms in total. The van der Waals surface area contributed by atoms with E-state index >= 15 is 0 Å². The van der Waals surface area contributed by atoms with E-state index in [0.29, 0.717) is 0 Å². The van der Waals surface area contributed by atoms with Gasteiger partial charge >= 0.3 is 0 Å². The average molecular weight is 162 g/mol. The van der Waals surface area contributed by atoms with Crippen molar-refractivity contribution in [3.05, 3.63) is 30.1 Å². The smallest absolute Gasteiger partial charge is 0.140 e. The minimum Gasteiger partial charge on any atom is -0.495 e. The number of hydrogen-bond donors (Lipinski definition) is 0. The minimum absolute atomic E-state index is 0.867. The molecule has 0 aromatic carbocycles. The van der Waals surface area contributed by atoms with Crippen LogP contribution >= 0.6 is 0 Å². The Kier molecular flexibility index (Phi) is 1.50. The normalized spacial score (nSPS) is 10.5. The Balaban J connectivity index is 2.73. The molecule has 0 atom stereocenters. The average Bonchev–Trinajstić information content (AvgIpc) is 2.49. The third-order valence-electron chi connectivity index (χ3n) is 1.91. The zero-order valence-corrected chi connectivity index (χ0v) is 7.11. The van der Waals surface area contributed by atoms with Crippen LogP contribution in [0.3, 0.4) is 0 Å². The first kappa shape index (κ1) is 7.16. The van der Waals surface area contributed by atoms with Crippen LogP contribution in [0.2, 0.25) is 0 Å². The summed E-state index contributed by atoms with van der Waals surface area (Å²) in [5.41, 5.74) is 2.22. The van der Waals surface area contributed by atoms with Gasteiger partial charge in [0.1, 0.15) is 5.75 Å². The number of pyridine rings is 1. The van der Waals surface area contributed by atoms with Crippen LogP contribution in [0.15, 0.2) is 24.5 Å². The van der Waals surface area contributed by atoms with Gasteiger partial charge in [-0.05, 0) is 24.6 Å². The molecule has 0 radical (unpaired) electrons. The highest BCUT2D eigenvalue weighted by atomic mass is 16.5. The molecule has 0 aliphatic rings. The number of aromatic nitrogens is 2. The Morgan fingerprint density at radius 1 is 1.50 bits per heavy atom. The second-order valence-electron chi connectivity index (χ2n) is 2.73. The van der Waals surface area contributed by atoms with Gasteiger partial charge in [0.25, 0.3) is 0 Å². The van der Waals surface area contributed by atoms with Crippen LogP contribution in [0.5, 0.6) is 5.75 Å². The highest BCUT2D eigenvalue weighted by Gasteiger charge is 2.00. The van der Waals surface area contributed by atoms with E-state index in [2.05, 4.69) is 5.10 Å². The molecule has 0 saturated heterocycles. The monoisotopic (exact) mass is 162 g/mol. The first-order chi connectivity index (χ1) is 5.81. The van der Waals surface area contributed by atoms with Gasteiger partial charge < -0.3 is 4.74 Å². The lowest BCUT2D eigenvalue weighted by molar-refractivity contribution is 0.408. The number of hydrogen-bond acceptors (Lipinski definition) is 2. The molecular weight excluding hydrogens is 152 g/mol. The van der Waals surface area contributed by atoms with E-state index in [1.54, 1.807) is 17.8 Å². The molecule has 12 heavy (non-hydrogen) atoms. The van der Waals surface area contributed by atoms with E-state index in [9.17, 15) is 0 Å². The van der Waals surface area contributed by atoms with Gasteiger partial charge in [0, 0.05) is 6.20 Å². The Morgan fingerprint density at radius 2 is 2.33 bits per heavy atom. The van der Waals surface area contributed by atoms with E-state index < -0.39 is 0 Å². The van der Waals surface area contributed by atoms with Gasteiger partial charge in [0.15, 0.2) is 0 Å². The lowest BCUT2D eigenvalue weighted by Gasteiger charge is -2.03. The van der Waals surface area contributed by atoms with Gasteiger partial charge in [-0.3, -0.25) is 0 Å². The molecule has 0 spiro atoms. The molecular formula is C9H10N2O. The summed E-state index contributed by atoms with van der Waals surface area (Å²) in [5, 5.41) is 4.11. The molecule has 2 aromatic rings. The number of aryl methyl sites for hydroxylation is 1. The van der Waals surface area contributed by atoms with E-state index in [-0.39, 0.29) is 0 Å². The van der Waals surface area contributed by atoms with Crippen molar-refractivity contribution in [1.29, 1.82) is 0 Å². The minimum atomic E-state index is 0.867. The Bertz CT molecular complexity index is 406. The van der Waals surface area contributed by atoms with Gasteiger partial charge in [-0.1, -0.05) is 0 Å². The standard InChI is InChI=1S/C9H10N2O/c1-7-5-8-3-4-10-11(8)6-9(7)12-2/h3-6H,1-2H3. The Morgan fingerprint density at radius 3 is 3.08 bits per heavy atom. The zero-order chi connectivity index (χ0) is 8.55. The predicted molar refractivity (Wildman–Crippen MR) is 46.5 cm³/mol. The van der Waals surface area contributed by atoms with E-state index in [1.807, 2.05) is 25.3 Å². The van der Waals surface area contributed by atoms with Crippen LogP contribution in [0.25, 0.3) is 5.52 Å². The fourth-order valence-corrected chi connectivity index (χ4v) is 1.27. The third kappa shape index (κ3) is 0.942. The number of methoxy groups -OCH3 is 1. The molecule has 0 N–H and O–H groups in total. The zero-order valence-electron chi connectivity index (χ0n) is 7.11. The maximum absolute atomic E-state index is 5.16. The van der Waals surface area contributed by atoms with Crippen LogP contribution < -0.4 is 4.74 Å². The van der Waals surface area contributed by atoms with Crippen molar-refractivity contribution >= 4 is 5.52 Å². The third-order valence-corrected chi connectivity index (χ3v) is 1.91. The van der Waals surface area contributed by atoms with Crippen LogP contribution in [-0.2, 0) is 0 Å². The molecule has 0 amide bonds. The van der Waals surface area contributed by atoms with Crippen molar-refractivity contribution < 1.29 is 4.74 Å². The van der Waals surface area contributed by atoms with Gasteiger partial charge in [-0.15, -0.1) is 0 Å². The molecule has 2 rings (SSSR count). The van der Waals surface area contributed by atoms with Crippen molar-refractivity contribution in [3.63, 3.8) is 0 Å². The Hall–Kier alpha value is -1.51. The largest absolute Gasteiger partial charge is 0.495 e. The summed E-state index contributed by atoms with van der Waals surface area (Å²) < 4.78 is 6.96. The summed E-state index contributed by atoms with van der Waals surface area (Å²) in [6.07, 6.45) is 3.65. The lowest BCUT2D eigenvalue weighted by Crippen LogP contribution is -1.92. The van der Waals surface area contributed by atoms with E-state index in [4.69, 9.17) is 4.74 Å². The lowest BCUT2D eigenvalue weighted by atomic mass is 10.2. The predicted octanol–water partition coefficient (Wildman–Crippen LogP) is 1.65. The van der Waals surface area contributed by atoms with Crippen molar-refractivity contribution in [2.45, 2.75) is 6.92 Å². The molecule has 0 fully saturated rings. The quantitative estimate of drug-likeness (QED) is 0.637. The molecule has 0 aliphatic carbocycles. The molecule has 0 bridgehead atoms. The number of rotatable bonds is 1. The summed E-state index contributed by atoms with van der Waals surface area (Å²) in [6, 6.07) is 4.01. The van der Waals surface area contributed by atoms with Gasteiger partial charge in [0.05, 0.1) is 18.8 Å². The van der Waals surface area contributed by atoms with Gasteiger partial charge in [-0.2, -0.15) is 5.10 Å². The molecule has 2 heterocycles. The van der Waals surface area contributed by atoms with Crippen LogP contribution in [0.4, 0.5) is 0 Å². The van der Waals surface area contributed by atoms with Crippen molar-refractivity contribution in [1.82, 2.24) is 9.61 Å². The maximum Gasteiger partial charge on any atom is 0.140 e. The molecule has 0 aliphatic heterocycles. The number of nitrogens with zero attached hydrogens (tertiary/aromatic N) is 2. The highest BCUT2D eigenvalue weighted by Crippen LogP contribution is 2.18. The molecule has 3 heteroatoms. The van der Waals surface area contributed by atoms with Crippen molar-refractivity contribution in [2.75, 3.05) is 7.11 Å². The maximum atomic E-state index is 5.16. The van der Waals surface area contributed by atoms with Crippen molar-refractivity contribution in [2.24, 2.45) is 0 Å². The van der Waals surface area contributed by atoms with Crippen LogP contribution in [0, 0.1) is 6.92 Å². The summed E-state index contributed by atoms with van der Waals surface area (Å²) in [5.74, 6) is 0.867. The SMILES string of the molecule is COc1cn2nccc2cc1C. The summed E-state index contributed by atoms with van der Waals surface area (Å²) in [7, 11) is 1.66.